The van der Waals surface area contributed by atoms with Crippen LogP contribution in [0.2, 0.25) is 0 Å². The zero-order chi connectivity index (χ0) is 19.1. The quantitative estimate of drug-likeness (QED) is 0.701. The van der Waals surface area contributed by atoms with E-state index in [-0.39, 0.29) is 23.6 Å². The molecule has 1 aliphatic heterocycles. The van der Waals surface area contributed by atoms with Gasteiger partial charge >= 0.3 is 0 Å². The highest BCUT2D eigenvalue weighted by Crippen LogP contribution is 2.39. The van der Waals surface area contributed by atoms with Gasteiger partial charge in [-0.25, -0.2) is 0 Å². The molecule has 0 bridgehead atoms. The molecule has 1 atom stereocenters. The van der Waals surface area contributed by atoms with Gasteiger partial charge in [0.15, 0.2) is 5.76 Å². The second-order valence-electron chi connectivity index (χ2n) is 6.74. The number of hydrogen-bond acceptors (Lipinski definition) is 4. The molecule has 2 amide bonds. The molecule has 1 aliphatic rings. The molecule has 0 N–H and O–H groups in total. The molecule has 0 aliphatic carbocycles. The highest BCUT2D eigenvalue weighted by Gasteiger charge is 2.35. The van der Waals surface area contributed by atoms with Crippen molar-refractivity contribution in [2.75, 3.05) is 16.3 Å². The number of carbonyl (C=O) groups is 2. The van der Waals surface area contributed by atoms with E-state index >= 15 is 0 Å². The molecular formula is C20H20N4O3. The first-order valence-corrected chi connectivity index (χ1v) is 8.74. The van der Waals surface area contributed by atoms with Gasteiger partial charge in [-0.05, 0) is 36.8 Å². The Balaban J connectivity index is 1.85. The van der Waals surface area contributed by atoms with E-state index < -0.39 is 0 Å². The molecule has 1 aromatic carbocycles. The predicted octanol–water partition coefficient (Wildman–Crippen LogP) is 3.08. The number of amides is 2. The summed E-state index contributed by atoms with van der Waals surface area (Å²) < 4.78 is 7.03. The van der Waals surface area contributed by atoms with E-state index in [0.717, 1.165) is 11.1 Å². The molecule has 4 rings (SSSR count). The predicted molar refractivity (Wildman–Crippen MR) is 102 cm³/mol. The van der Waals surface area contributed by atoms with Crippen molar-refractivity contribution in [2.45, 2.75) is 19.9 Å². The van der Waals surface area contributed by atoms with Crippen molar-refractivity contribution in [3.05, 3.63) is 54.7 Å². The molecular weight excluding hydrogens is 344 g/mol. The minimum atomic E-state index is -0.223. The van der Waals surface area contributed by atoms with Gasteiger partial charge in [0, 0.05) is 32.3 Å². The van der Waals surface area contributed by atoms with Crippen LogP contribution in [-0.2, 0) is 11.8 Å². The normalized spacial score (nSPS) is 16.3. The number of nitrogens with zero attached hydrogens (tertiary/aromatic N) is 4. The van der Waals surface area contributed by atoms with Gasteiger partial charge in [0.2, 0.25) is 5.91 Å². The molecule has 7 heteroatoms. The first-order valence-electron chi connectivity index (χ1n) is 8.74. The topological polar surface area (TPSA) is 71.6 Å². The van der Waals surface area contributed by atoms with Gasteiger partial charge < -0.3 is 14.2 Å². The maximum Gasteiger partial charge on any atom is 0.294 e. The number of rotatable bonds is 2. The van der Waals surface area contributed by atoms with Crippen molar-refractivity contribution in [2.24, 2.45) is 7.05 Å². The Hall–Kier alpha value is -3.35. The number of aromatic nitrogens is 2. The number of hydrogen-bond donors (Lipinski definition) is 0. The summed E-state index contributed by atoms with van der Waals surface area (Å²) in [4.78, 5) is 28.6. The van der Waals surface area contributed by atoms with Crippen molar-refractivity contribution >= 4 is 23.2 Å². The SMILES string of the molecule is CC(=O)N1c2ccc(-c3cnn(C)c3)cc2N(C(=O)c2ccco2)CC1C. The fraction of sp³-hybridized carbons (Fsp3) is 0.250. The molecule has 0 fully saturated rings. The molecule has 3 aromatic rings. The van der Waals surface area contributed by atoms with Gasteiger partial charge in [-0.2, -0.15) is 5.10 Å². The lowest BCUT2D eigenvalue weighted by Gasteiger charge is -2.40. The number of furan rings is 1. The molecule has 0 spiro atoms. The summed E-state index contributed by atoms with van der Waals surface area (Å²) >= 11 is 0. The van der Waals surface area contributed by atoms with Crippen LogP contribution in [0, 0.1) is 0 Å². The van der Waals surface area contributed by atoms with Crippen molar-refractivity contribution in [1.29, 1.82) is 0 Å². The largest absolute Gasteiger partial charge is 0.459 e. The van der Waals surface area contributed by atoms with Crippen molar-refractivity contribution < 1.29 is 14.0 Å². The molecule has 0 saturated heterocycles. The molecule has 7 nitrogen and oxygen atoms in total. The molecule has 2 aromatic heterocycles. The first kappa shape index (κ1) is 17.1. The third-order valence-corrected chi connectivity index (χ3v) is 4.77. The third kappa shape index (κ3) is 2.91. The third-order valence-electron chi connectivity index (χ3n) is 4.77. The highest BCUT2D eigenvalue weighted by atomic mass is 16.3. The summed E-state index contributed by atoms with van der Waals surface area (Å²) in [5.74, 6) is -0.00109. The van der Waals surface area contributed by atoms with Gasteiger partial charge in [-0.3, -0.25) is 14.3 Å². The van der Waals surface area contributed by atoms with E-state index in [1.54, 1.807) is 39.7 Å². The minimum absolute atomic E-state index is 0.0528. The monoisotopic (exact) mass is 364 g/mol. The number of benzene rings is 1. The van der Waals surface area contributed by atoms with Crippen LogP contribution in [0.1, 0.15) is 24.4 Å². The minimum Gasteiger partial charge on any atom is -0.459 e. The van der Waals surface area contributed by atoms with Gasteiger partial charge in [-0.15, -0.1) is 0 Å². The summed E-state index contributed by atoms with van der Waals surface area (Å²) in [7, 11) is 1.85. The standard InChI is InChI=1S/C20H20N4O3/c1-13-11-23(20(26)19-5-4-8-27-19)18-9-15(16-10-21-22(3)12-16)6-7-17(18)24(13)14(2)25/h4-10,12-13H,11H2,1-3H3. The highest BCUT2D eigenvalue weighted by molar-refractivity contribution is 6.10. The Morgan fingerprint density at radius 3 is 2.63 bits per heavy atom. The Labute approximate surface area is 156 Å². The van der Waals surface area contributed by atoms with Crippen molar-refractivity contribution in [1.82, 2.24) is 9.78 Å². The number of fused-ring (bicyclic) bond motifs is 1. The van der Waals surface area contributed by atoms with E-state index in [1.807, 2.05) is 38.4 Å². The Bertz CT molecular complexity index is 1010. The van der Waals surface area contributed by atoms with Crippen molar-refractivity contribution in [3.63, 3.8) is 0 Å². The van der Waals surface area contributed by atoms with E-state index in [2.05, 4.69) is 5.10 Å². The van der Waals surface area contributed by atoms with Gasteiger partial charge in [0.1, 0.15) is 0 Å². The van der Waals surface area contributed by atoms with Crippen LogP contribution >= 0.6 is 0 Å². The average Bonchev–Trinajstić information content (AvgIpc) is 3.31. The lowest BCUT2D eigenvalue weighted by molar-refractivity contribution is -0.117. The smallest absolute Gasteiger partial charge is 0.294 e. The molecule has 1 unspecified atom stereocenters. The van der Waals surface area contributed by atoms with E-state index in [1.165, 1.54) is 6.26 Å². The van der Waals surface area contributed by atoms with Crippen LogP contribution in [-0.4, -0.2) is 34.2 Å². The summed E-state index contributed by atoms with van der Waals surface area (Å²) in [6.45, 7) is 3.86. The summed E-state index contributed by atoms with van der Waals surface area (Å²) in [6.07, 6.45) is 5.17. The lowest BCUT2D eigenvalue weighted by Crippen LogP contribution is -2.51. The second kappa shape index (κ2) is 6.42. The van der Waals surface area contributed by atoms with Gasteiger partial charge in [0.05, 0.1) is 29.9 Å². The Kier molecular flexibility index (Phi) is 4.07. The summed E-state index contributed by atoms with van der Waals surface area (Å²) in [5.41, 5.74) is 3.27. The molecule has 3 heterocycles. The zero-order valence-electron chi connectivity index (χ0n) is 15.4. The maximum absolute atomic E-state index is 13.0. The van der Waals surface area contributed by atoms with Crippen LogP contribution in [0.3, 0.4) is 0 Å². The first-order chi connectivity index (χ1) is 13.0. The average molecular weight is 364 g/mol. The molecule has 0 radical (unpaired) electrons. The summed E-state index contributed by atoms with van der Waals surface area (Å²) in [5, 5.41) is 4.21. The number of anilines is 2. The Morgan fingerprint density at radius 1 is 1.19 bits per heavy atom. The fourth-order valence-electron chi connectivity index (χ4n) is 3.58. The fourth-order valence-corrected chi connectivity index (χ4v) is 3.58. The molecule has 27 heavy (non-hydrogen) atoms. The van der Waals surface area contributed by atoms with Gasteiger partial charge in [-0.1, -0.05) is 6.07 Å². The van der Waals surface area contributed by atoms with E-state index in [0.29, 0.717) is 17.9 Å². The lowest BCUT2D eigenvalue weighted by atomic mass is 10.0. The van der Waals surface area contributed by atoms with E-state index in [9.17, 15) is 9.59 Å². The van der Waals surface area contributed by atoms with Crippen LogP contribution in [0.4, 0.5) is 11.4 Å². The molecule has 0 saturated carbocycles. The molecule has 138 valence electrons. The van der Waals surface area contributed by atoms with Gasteiger partial charge in [0.25, 0.3) is 5.91 Å². The van der Waals surface area contributed by atoms with Crippen LogP contribution < -0.4 is 9.80 Å². The summed E-state index contributed by atoms with van der Waals surface area (Å²) in [6, 6.07) is 8.95. The maximum atomic E-state index is 13.0. The Morgan fingerprint density at radius 2 is 2.00 bits per heavy atom. The zero-order valence-corrected chi connectivity index (χ0v) is 15.4. The van der Waals surface area contributed by atoms with Crippen LogP contribution in [0.5, 0.6) is 0 Å². The number of carbonyl (C=O) groups excluding carboxylic acids is 2. The van der Waals surface area contributed by atoms with Crippen LogP contribution in [0.25, 0.3) is 11.1 Å². The van der Waals surface area contributed by atoms with E-state index in [4.69, 9.17) is 4.42 Å². The number of aryl methyl sites for hydroxylation is 1. The second-order valence-corrected chi connectivity index (χ2v) is 6.74. The van der Waals surface area contributed by atoms with Crippen molar-refractivity contribution in [3.8, 4) is 11.1 Å². The van der Waals surface area contributed by atoms with Crippen LogP contribution in [0.15, 0.2) is 53.4 Å².